The highest BCUT2D eigenvalue weighted by Crippen LogP contribution is 2.32. The quantitative estimate of drug-likeness (QED) is 0.684. The molecule has 0 saturated carbocycles. The highest BCUT2D eigenvalue weighted by molar-refractivity contribution is 7.17. The van der Waals surface area contributed by atoms with Gasteiger partial charge in [0.25, 0.3) is 0 Å². The van der Waals surface area contributed by atoms with Gasteiger partial charge in [-0.15, -0.1) is 0 Å². The Morgan fingerprint density at radius 2 is 1.85 bits per heavy atom. The van der Waals surface area contributed by atoms with Crippen LogP contribution in [0.25, 0.3) is 0 Å². The summed E-state index contributed by atoms with van der Waals surface area (Å²) >= 11 is 1.21. The third-order valence-electron chi connectivity index (χ3n) is 3.75. The number of amides is 2. The Morgan fingerprint density at radius 1 is 1.11 bits per heavy atom. The predicted octanol–water partition coefficient (Wildman–Crippen LogP) is 4.81. The van der Waals surface area contributed by atoms with E-state index in [-0.39, 0.29) is 0 Å². The van der Waals surface area contributed by atoms with Gasteiger partial charge in [-0.05, 0) is 30.3 Å². The topological polar surface area (TPSA) is 57.7 Å². The van der Waals surface area contributed by atoms with Crippen molar-refractivity contribution in [3.05, 3.63) is 60.5 Å². The van der Waals surface area contributed by atoms with E-state index in [9.17, 15) is 9.18 Å². The predicted molar refractivity (Wildman–Crippen MR) is 107 cm³/mol. The van der Waals surface area contributed by atoms with Crippen molar-refractivity contribution < 1.29 is 13.9 Å². The summed E-state index contributed by atoms with van der Waals surface area (Å²) in [6, 6.07) is 13.0. The third kappa shape index (κ3) is 4.73. The third-order valence-corrected chi connectivity index (χ3v) is 4.54. The van der Waals surface area contributed by atoms with E-state index in [1.165, 1.54) is 28.4 Å². The highest BCUT2D eigenvalue weighted by Gasteiger charge is 2.14. The van der Waals surface area contributed by atoms with Gasteiger partial charge >= 0.3 is 6.03 Å². The Balaban J connectivity index is 1.65. The average Bonchev–Trinajstić information content (AvgIpc) is 3.08. The van der Waals surface area contributed by atoms with Crippen molar-refractivity contribution in [2.75, 3.05) is 36.3 Å². The van der Waals surface area contributed by atoms with E-state index in [1.807, 2.05) is 43.3 Å². The van der Waals surface area contributed by atoms with Gasteiger partial charge in [0.2, 0.25) is 5.06 Å². The van der Waals surface area contributed by atoms with E-state index in [0.29, 0.717) is 21.6 Å². The van der Waals surface area contributed by atoms with Crippen LogP contribution in [0.1, 0.15) is 0 Å². The first kappa shape index (κ1) is 18.7. The van der Waals surface area contributed by atoms with Crippen molar-refractivity contribution >= 4 is 33.9 Å². The number of aromatic nitrogens is 1. The number of carbonyl (C=O) groups excluding carboxylic acids is 1. The number of nitrogens with zero attached hydrogens (tertiary/aromatic N) is 3. The van der Waals surface area contributed by atoms with Crippen molar-refractivity contribution in [3.8, 4) is 10.8 Å². The molecule has 0 aliphatic rings. The molecule has 0 atom stereocenters. The molecule has 0 spiro atoms. The minimum Gasteiger partial charge on any atom is -0.445 e. The number of thiazole rings is 1. The summed E-state index contributed by atoms with van der Waals surface area (Å²) in [5.41, 5.74) is 1.46. The van der Waals surface area contributed by atoms with Gasteiger partial charge in [-0.1, -0.05) is 23.5 Å². The van der Waals surface area contributed by atoms with Crippen LogP contribution in [0.3, 0.4) is 0 Å². The van der Waals surface area contributed by atoms with E-state index in [1.54, 1.807) is 25.4 Å². The van der Waals surface area contributed by atoms with Gasteiger partial charge in [0.15, 0.2) is 5.13 Å². The van der Waals surface area contributed by atoms with Crippen molar-refractivity contribution in [1.29, 1.82) is 0 Å². The van der Waals surface area contributed by atoms with E-state index < -0.39 is 11.8 Å². The summed E-state index contributed by atoms with van der Waals surface area (Å²) in [6.07, 6.45) is 1.55. The normalized spacial score (nSPS) is 10.4. The fourth-order valence-electron chi connectivity index (χ4n) is 2.28. The summed E-state index contributed by atoms with van der Waals surface area (Å²) in [5, 5.41) is 3.62. The van der Waals surface area contributed by atoms with Crippen molar-refractivity contribution in [1.82, 2.24) is 4.98 Å². The number of hydrogen-bond acceptors (Lipinski definition) is 5. The van der Waals surface area contributed by atoms with E-state index in [4.69, 9.17) is 4.74 Å². The van der Waals surface area contributed by atoms with Gasteiger partial charge in [-0.2, -0.15) is 0 Å². The molecule has 6 nitrogen and oxygen atoms in total. The lowest BCUT2D eigenvalue weighted by Gasteiger charge is -2.16. The number of rotatable bonds is 5. The van der Waals surface area contributed by atoms with Gasteiger partial charge in [0.1, 0.15) is 11.6 Å². The molecule has 1 aromatic heterocycles. The fraction of sp³-hybridized carbons (Fsp3) is 0.158. The lowest BCUT2D eigenvalue weighted by molar-refractivity contribution is 0.258. The Labute approximate surface area is 160 Å². The second-order valence-electron chi connectivity index (χ2n) is 5.95. The maximum atomic E-state index is 13.3. The zero-order chi connectivity index (χ0) is 19.4. The smallest absolute Gasteiger partial charge is 0.327 e. The molecule has 1 N–H and O–H groups in total. The average molecular weight is 386 g/mol. The molecule has 0 aliphatic carbocycles. The Kier molecular flexibility index (Phi) is 5.56. The van der Waals surface area contributed by atoms with Crippen LogP contribution >= 0.6 is 11.3 Å². The molecule has 0 unspecified atom stereocenters. The van der Waals surface area contributed by atoms with Gasteiger partial charge in [-0.25, -0.2) is 14.2 Å². The van der Waals surface area contributed by atoms with E-state index in [2.05, 4.69) is 10.3 Å². The Hall–Kier alpha value is -3.13. The number of nitrogens with one attached hydrogen (secondary N) is 1. The van der Waals surface area contributed by atoms with Crippen LogP contribution in [-0.4, -0.2) is 32.2 Å². The van der Waals surface area contributed by atoms with Gasteiger partial charge in [-0.3, -0.25) is 10.2 Å². The minimum atomic E-state index is -0.420. The lowest BCUT2D eigenvalue weighted by Crippen LogP contribution is -2.31. The molecule has 2 amide bonds. The molecule has 27 heavy (non-hydrogen) atoms. The highest BCUT2D eigenvalue weighted by atomic mass is 32.1. The van der Waals surface area contributed by atoms with Crippen LogP contribution in [-0.2, 0) is 0 Å². The lowest BCUT2D eigenvalue weighted by atomic mass is 10.3. The minimum absolute atomic E-state index is 0.391. The molecule has 0 radical (unpaired) electrons. The largest absolute Gasteiger partial charge is 0.445 e. The summed E-state index contributed by atoms with van der Waals surface area (Å²) in [6.45, 7) is 0. The number of halogens is 1. The number of hydrogen-bond donors (Lipinski definition) is 1. The molecule has 3 aromatic rings. The van der Waals surface area contributed by atoms with Crippen LogP contribution in [0.2, 0.25) is 0 Å². The number of ether oxygens (including phenoxy) is 1. The summed E-state index contributed by atoms with van der Waals surface area (Å²) in [4.78, 5) is 19.8. The molecule has 2 aromatic carbocycles. The summed E-state index contributed by atoms with van der Waals surface area (Å²) < 4.78 is 19.1. The first-order valence-electron chi connectivity index (χ1n) is 8.14. The maximum absolute atomic E-state index is 13.3. The van der Waals surface area contributed by atoms with Crippen molar-refractivity contribution in [3.63, 3.8) is 0 Å². The molecule has 0 saturated heterocycles. The second kappa shape index (κ2) is 8.05. The van der Waals surface area contributed by atoms with Crippen molar-refractivity contribution in [2.24, 2.45) is 0 Å². The van der Waals surface area contributed by atoms with E-state index >= 15 is 0 Å². The zero-order valence-electron chi connectivity index (χ0n) is 15.1. The SMILES string of the molecule is CN(C)c1cccc(Oc2cnc(NC(=O)N(C)c3cccc(F)c3)s2)c1. The van der Waals surface area contributed by atoms with Crippen LogP contribution in [0.5, 0.6) is 10.8 Å². The Bertz CT molecular complexity index is 945. The van der Waals surface area contributed by atoms with Gasteiger partial charge < -0.3 is 9.64 Å². The number of benzene rings is 2. The van der Waals surface area contributed by atoms with Crippen LogP contribution in [0, 0.1) is 5.82 Å². The molecule has 1 heterocycles. The summed E-state index contributed by atoms with van der Waals surface area (Å²) in [7, 11) is 5.46. The fourth-order valence-corrected chi connectivity index (χ4v) is 2.96. The van der Waals surface area contributed by atoms with Crippen molar-refractivity contribution in [2.45, 2.75) is 0 Å². The zero-order valence-corrected chi connectivity index (χ0v) is 16.0. The standard InChI is InChI=1S/C19H19FN4O2S/c1-23(2)14-7-5-9-16(11-14)26-17-12-21-18(27-17)22-19(25)24(3)15-8-4-6-13(20)10-15/h4-12H,1-3H3,(H,21,22,25). The number of urea groups is 1. The first-order chi connectivity index (χ1) is 12.9. The Morgan fingerprint density at radius 3 is 2.59 bits per heavy atom. The van der Waals surface area contributed by atoms with Crippen LogP contribution in [0.4, 0.5) is 25.7 Å². The number of anilines is 3. The molecule has 0 fully saturated rings. The van der Waals surface area contributed by atoms with Gasteiger partial charge in [0, 0.05) is 38.6 Å². The molecule has 3 rings (SSSR count). The number of carbonyl (C=O) groups is 1. The molecule has 140 valence electrons. The second-order valence-corrected chi connectivity index (χ2v) is 6.94. The molecule has 0 bridgehead atoms. The molecular weight excluding hydrogens is 367 g/mol. The molecule has 0 aliphatic heterocycles. The molecule has 8 heteroatoms. The van der Waals surface area contributed by atoms with E-state index in [0.717, 1.165) is 5.69 Å². The van der Waals surface area contributed by atoms with Gasteiger partial charge in [0.05, 0.1) is 6.20 Å². The van der Waals surface area contributed by atoms with Crippen LogP contribution in [0.15, 0.2) is 54.7 Å². The monoisotopic (exact) mass is 386 g/mol. The van der Waals surface area contributed by atoms with Crippen LogP contribution < -0.4 is 19.9 Å². The maximum Gasteiger partial charge on any atom is 0.327 e. The molecular formula is C19H19FN4O2S. The first-order valence-corrected chi connectivity index (χ1v) is 8.95. The summed E-state index contributed by atoms with van der Waals surface area (Å²) in [5.74, 6) is 0.275.